The zero-order chi connectivity index (χ0) is 10.4. The summed E-state index contributed by atoms with van der Waals surface area (Å²) in [6.07, 6.45) is 2.55. The first-order chi connectivity index (χ1) is 6.74. The lowest BCUT2D eigenvalue weighted by Crippen LogP contribution is -2.27. The first-order valence-electron chi connectivity index (χ1n) is 4.37. The highest BCUT2D eigenvalue weighted by atomic mass is 16.3. The molecular weight excluding hydrogens is 180 g/mol. The van der Waals surface area contributed by atoms with Crippen LogP contribution in [0.3, 0.4) is 0 Å². The van der Waals surface area contributed by atoms with E-state index >= 15 is 0 Å². The quantitative estimate of drug-likeness (QED) is 0.673. The molecule has 0 aliphatic rings. The fourth-order valence-corrected chi connectivity index (χ4v) is 1.07. The normalized spacial score (nSPS) is 9.43. The number of carbonyl (C=O) groups excluding carboxylic acids is 1. The summed E-state index contributed by atoms with van der Waals surface area (Å²) in [7, 11) is 1.62. The zero-order valence-electron chi connectivity index (χ0n) is 8.06. The summed E-state index contributed by atoms with van der Waals surface area (Å²) in [5.41, 5.74) is 0. The van der Waals surface area contributed by atoms with Crippen molar-refractivity contribution in [1.29, 1.82) is 5.26 Å². The number of carbonyl (C=O) groups is 1. The summed E-state index contributed by atoms with van der Waals surface area (Å²) >= 11 is 0. The minimum absolute atomic E-state index is 0.0389. The molecule has 0 bridgehead atoms. The largest absolute Gasteiger partial charge is 0.469 e. The Kier molecular flexibility index (Phi) is 3.74. The first-order valence-corrected chi connectivity index (χ1v) is 4.37. The van der Waals surface area contributed by atoms with Crippen molar-refractivity contribution < 1.29 is 9.21 Å². The monoisotopic (exact) mass is 192 g/mol. The van der Waals surface area contributed by atoms with Crippen LogP contribution in [0.4, 0.5) is 0 Å². The maximum atomic E-state index is 11.4. The Morgan fingerprint density at radius 2 is 2.50 bits per heavy atom. The van der Waals surface area contributed by atoms with Gasteiger partial charge in [-0.15, -0.1) is 0 Å². The molecule has 1 heterocycles. The van der Waals surface area contributed by atoms with Gasteiger partial charge in [-0.2, -0.15) is 5.26 Å². The molecule has 74 valence electrons. The molecule has 0 N–H and O–H groups in total. The molecule has 0 aliphatic heterocycles. The Hall–Kier alpha value is -1.76. The van der Waals surface area contributed by atoms with E-state index in [1.54, 1.807) is 19.4 Å². The van der Waals surface area contributed by atoms with Crippen LogP contribution >= 0.6 is 0 Å². The smallest absolute Gasteiger partial charge is 0.223 e. The topological polar surface area (TPSA) is 57.2 Å². The van der Waals surface area contributed by atoms with E-state index in [1.807, 2.05) is 12.1 Å². The van der Waals surface area contributed by atoms with Crippen LogP contribution < -0.4 is 0 Å². The van der Waals surface area contributed by atoms with Gasteiger partial charge in [-0.1, -0.05) is 0 Å². The van der Waals surface area contributed by atoms with Crippen molar-refractivity contribution in [2.24, 2.45) is 0 Å². The number of nitrogens with zero attached hydrogens (tertiary/aromatic N) is 2. The Balaban J connectivity index is 2.32. The third-order valence-corrected chi connectivity index (χ3v) is 1.90. The van der Waals surface area contributed by atoms with Crippen molar-refractivity contribution in [3.05, 3.63) is 24.2 Å². The van der Waals surface area contributed by atoms with Crippen molar-refractivity contribution >= 4 is 5.91 Å². The second kappa shape index (κ2) is 5.07. The van der Waals surface area contributed by atoms with E-state index in [9.17, 15) is 4.79 Å². The maximum absolute atomic E-state index is 11.4. The van der Waals surface area contributed by atoms with Gasteiger partial charge >= 0.3 is 0 Å². The van der Waals surface area contributed by atoms with E-state index in [-0.39, 0.29) is 12.5 Å². The Bertz CT molecular complexity index is 324. The van der Waals surface area contributed by atoms with E-state index in [2.05, 4.69) is 0 Å². The fourth-order valence-electron chi connectivity index (χ4n) is 1.07. The van der Waals surface area contributed by atoms with E-state index in [0.29, 0.717) is 12.8 Å². The van der Waals surface area contributed by atoms with Crippen molar-refractivity contribution in [1.82, 2.24) is 4.90 Å². The molecule has 1 aromatic rings. The van der Waals surface area contributed by atoms with Crippen molar-refractivity contribution in [2.75, 3.05) is 13.6 Å². The van der Waals surface area contributed by atoms with Gasteiger partial charge in [-0.25, -0.2) is 0 Å². The van der Waals surface area contributed by atoms with Crippen LogP contribution in [0.25, 0.3) is 0 Å². The molecule has 0 unspecified atom stereocenters. The molecule has 0 radical (unpaired) electrons. The van der Waals surface area contributed by atoms with Crippen LogP contribution in [0.2, 0.25) is 0 Å². The minimum atomic E-state index is -0.0389. The predicted molar refractivity (Wildman–Crippen MR) is 50.3 cm³/mol. The number of hydrogen-bond acceptors (Lipinski definition) is 3. The van der Waals surface area contributed by atoms with Gasteiger partial charge in [-0.3, -0.25) is 4.79 Å². The minimum Gasteiger partial charge on any atom is -0.469 e. The predicted octanol–water partition coefficient (Wildman–Crippen LogP) is 1.19. The van der Waals surface area contributed by atoms with Gasteiger partial charge in [0.25, 0.3) is 0 Å². The summed E-state index contributed by atoms with van der Waals surface area (Å²) in [6, 6.07) is 5.54. The van der Waals surface area contributed by atoms with E-state index in [4.69, 9.17) is 9.68 Å². The molecule has 14 heavy (non-hydrogen) atoms. The number of hydrogen-bond donors (Lipinski definition) is 0. The van der Waals surface area contributed by atoms with Crippen LogP contribution in [-0.2, 0) is 11.2 Å². The Morgan fingerprint density at radius 3 is 3.07 bits per heavy atom. The van der Waals surface area contributed by atoms with Gasteiger partial charge in [-0.05, 0) is 12.1 Å². The molecule has 4 nitrogen and oxygen atoms in total. The highest BCUT2D eigenvalue weighted by Crippen LogP contribution is 2.04. The summed E-state index contributed by atoms with van der Waals surface area (Å²) in [6.45, 7) is 0.136. The SMILES string of the molecule is CN(CC#N)C(=O)CCc1ccco1. The molecule has 0 fully saturated rings. The molecule has 0 atom stereocenters. The number of rotatable bonds is 4. The number of amides is 1. The van der Waals surface area contributed by atoms with Crippen LogP contribution in [0.1, 0.15) is 12.2 Å². The first kappa shape index (κ1) is 10.3. The third-order valence-electron chi connectivity index (χ3n) is 1.90. The zero-order valence-corrected chi connectivity index (χ0v) is 8.06. The van der Waals surface area contributed by atoms with E-state index in [1.165, 1.54) is 4.90 Å². The average molecular weight is 192 g/mol. The molecule has 0 saturated carbocycles. The van der Waals surface area contributed by atoms with Crippen molar-refractivity contribution in [2.45, 2.75) is 12.8 Å². The maximum Gasteiger partial charge on any atom is 0.223 e. The summed E-state index contributed by atoms with van der Waals surface area (Å²) in [4.78, 5) is 12.8. The second-order valence-corrected chi connectivity index (χ2v) is 2.99. The number of furan rings is 1. The lowest BCUT2D eigenvalue weighted by Gasteiger charge is -2.11. The van der Waals surface area contributed by atoms with Gasteiger partial charge in [0.1, 0.15) is 12.3 Å². The molecule has 0 aromatic carbocycles. The molecule has 4 heteroatoms. The summed E-state index contributed by atoms with van der Waals surface area (Å²) in [5, 5.41) is 8.38. The number of nitriles is 1. The van der Waals surface area contributed by atoms with Crippen LogP contribution in [0.15, 0.2) is 22.8 Å². The van der Waals surface area contributed by atoms with Crippen LogP contribution in [0, 0.1) is 11.3 Å². The van der Waals surface area contributed by atoms with Crippen LogP contribution in [0.5, 0.6) is 0 Å². The van der Waals surface area contributed by atoms with Gasteiger partial charge in [0.05, 0.1) is 12.3 Å². The Labute approximate surface area is 82.7 Å². The lowest BCUT2D eigenvalue weighted by atomic mass is 10.2. The molecular formula is C10H12N2O2. The van der Waals surface area contributed by atoms with Gasteiger partial charge in [0, 0.05) is 19.9 Å². The highest BCUT2D eigenvalue weighted by molar-refractivity contribution is 5.76. The van der Waals surface area contributed by atoms with Gasteiger partial charge in [0.2, 0.25) is 5.91 Å². The molecule has 1 amide bonds. The highest BCUT2D eigenvalue weighted by Gasteiger charge is 2.08. The molecule has 0 spiro atoms. The van der Waals surface area contributed by atoms with Gasteiger partial charge in [0.15, 0.2) is 0 Å². The van der Waals surface area contributed by atoms with Gasteiger partial charge < -0.3 is 9.32 Å². The third kappa shape index (κ3) is 2.94. The molecule has 1 aromatic heterocycles. The molecule has 0 saturated heterocycles. The lowest BCUT2D eigenvalue weighted by molar-refractivity contribution is -0.129. The fraction of sp³-hybridized carbons (Fsp3) is 0.400. The summed E-state index contributed by atoms with van der Waals surface area (Å²) < 4.78 is 5.09. The Morgan fingerprint density at radius 1 is 1.71 bits per heavy atom. The molecule has 0 aliphatic carbocycles. The van der Waals surface area contributed by atoms with E-state index in [0.717, 1.165) is 5.76 Å². The standard InChI is InChI=1S/C10H12N2O2/c1-12(7-6-11)10(13)5-4-9-3-2-8-14-9/h2-3,8H,4-5,7H2,1H3. The van der Waals surface area contributed by atoms with Crippen molar-refractivity contribution in [3.63, 3.8) is 0 Å². The van der Waals surface area contributed by atoms with E-state index < -0.39 is 0 Å². The molecule has 1 rings (SSSR count). The second-order valence-electron chi connectivity index (χ2n) is 2.99. The number of aryl methyl sites for hydroxylation is 1. The van der Waals surface area contributed by atoms with Crippen molar-refractivity contribution in [3.8, 4) is 6.07 Å². The van der Waals surface area contributed by atoms with Crippen LogP contribution in [-0.4, -0.2) is 24.4 Å². The summed E-state index contributed by atoms with van der Waals surface area (Å²) in [5.74, 6) is 0.756. The average Bonchev–Trinajstić information content (AvgIpc) is 2.67.